The van der Waals surface area contributed by atoms with Gasteiger partial charge in [-0.2, -0.15) is 10.4 Å². The molecule has 0 saturated heterocycles. The Morgan fingerprint density at radius 1 is 1.19 bits per heavy atom. The molecule has 9 nitrogen and oxygen atoms in total. The van der Waals surface area contributed by atoms with Crippen LogP contribution in [0, 0.1) is 18.3 Å². The first-order chi connectivity index (χ1) is 17.9. The van der Waals surface area contributed by atoms with Crippen molar-refractivity contribution in [3.63, 3.8) is 0 Å². The summed E-state index contributed by atoms with van der Waals surface area (Å²) >= 11 is 9.69. The molecule has 0 unspecified atom stereocenters. The number of methoxy groups -OCH3 is 2. The Balaban J connectivity index is 1.62. The SMILES string of the molecule is COCc1cc(C)nc(OCC(=O)N/N=C\c2cc(Br)c(OCc3ccccc3Cl)c(OC)c2)c1C#N. The predicted octanol–water partition coefficient (Wildman–Crippen LogP) is 4.94. The molecule has 0 aliphatic carbocycles. The lowest BCUT2D eigenvalue weighted by Gasteiger charge is -2.14. The molecule has 1 N–H and O–H groups in total. The van der Waals surface area contributed by atoms with E-state index in [0.29, 0.717) is 37.8 Å². The van der Waals surface area contributed by atoms with Gasteiger partial charge in [0.2, 0.25) is 5.88 Å². The number of carbonyl (C=O) groups excluding carboxylic acids is 1. The molecule has 37 heavy (non-hydrogen) atoms. The third-order valence-corrected chi connectivity index (χ3v) is 5.89. The van der Waals surface area contributed by atoms with Crippen molar-refractivity contribution in [1.82, 2.24) is 10.4 Å². The van der Waals surface area contributed by atoms with Crippen LogP contribution >= 0.6 is 27.5 Å². The highest BCUT2D eigenvalue weighted by Gasteiger charge is 2.15. The number of halogens is 2. The van der Waals surface area contributed by atoms with Gasteiger partial charge in [-0.15, -0.1) is 0 Å². The third-order valence-electron chi connectivity index (χ3n) is 4.93. The van der Waals surface area contributed by atoms with Gasteiger partial charge in [-0.25, -0.2) is 10.4 Å². The Labute approximate surface area is 228 Å². The van der Waals surface area contributed by atoms with Crippen molar-refractivity contribution in [2.75, 3.05) is 20.8 Å². The number of aromatic nitrogens is 1. The number of amides is 1. The van der Waals surface area contributed by atoms with Crippen molar-refractivity contribution in [2.24, 2.45) is 5.10 Å². The number of carbonyl (C=O) groups is 1. The van der Waals surface area contributed by atoms with Crippen LogP contribution in [0.4, 0.5) is 0 Å². The zero-order valence-corrected chi connectivity index (χ0v) is 22.7. The number of nitrogens with zero attached hydrogens (tertiary/aromatic N) is 3. The molecule has 0 atom stereocenters. The number of benzene rings is 2. The molecule has 0 spiro atoms. The van der Waals surface area contributed by atoms with Crippen LogP contribution in [0.2, 0.25) is 5.02 Å². The Kier molecular flexibility index (Phi) is 10.3. The topological polar surface area (TPSA) is 115 Å². The number of nitrogens with one attached hydrogen (secondary N) is 1. The maximum Gasteiger partial charge on any atom is 0.278 e. The van der Waals surface area contributed by atoms with Gasteiger partial charge in [0.25, 0.3) is 5.91 Å². The number of aryl methyl sites for hydroxylation is 1. The van der Waals surface area contributed by atoms with Crippen molar-refractivity contribution in [3.05, 3.63) is 79.9 Å². The van der Waals surface area contributed by atoms with E-state index in [1.165, 1.54) is 20.4 Å². The first kappa shape index (κ1) is 27.9. The number of hydrazone groups is 1. The molecule has 0 aliphatic rings. The number of rotatable bonds is 11. The number of nitriles is 1. The second-order valence-corrected chi connectivity index (χ2v) is 8.91. The van der Waals surface area contributed by atoms with E-state index in [4.69, 9.17) is 30.5 Å². The Hall–Kier alpha value is -3.65. The Bertz CT molecular complexity index is 1340. The second kappa shape index (κ2) is 13.6. The van der Waals surface area contributed by atoms with Crippen molar-refractivity contribution in [1.29, 1.82) is 5.26 Å². The van der Waals surface area contributed by atoms with Crippen LogP contribution in [-0.4, -0.2) is 37.9 Å². The zero-order chi connectivity index (χ0) is 26.8. The molecule has 3 rings (SSSR count). The fraction of sp³-hybridized carbons (Fsp3) is 0.231. The van der Waals surface area contributed by atoms with Crippen LogP contribution in [-0.2, 0) is 22.7 Å². The minimum Gasteiger partial charge on any atom is -0.493 e. The lowest BCUT2D eigenvalue weighted by atomic mass is 10.1. The van der Waals surface area contributed by atoms with Gasteiger partial charge in [0.05, 0.1) is 24.4 Å². The summed E-state index contributed by atoms with van der Waals surface area (Å²) < 4.78 is 22.6. The largest absolute Gasteiger partial charge is 0.493 e. The summed E-state index contributed by atoms with van der Waals surface area (Å²) in [5.74, 6) is 0.514. The van der Waals surface area contributed by atoms with Crippen LogP contribution in [0.3, 0.4) is 0 Å². The fourth-order valence-corrected chi connectivity index (χ4v) is 4.03. The fourth-order valence-electron chi connectivity index (χ4n) is 3.27. The summed E-state index contributed by atoms with van der Waals surface area (Å²) in [6, 6.07) is 14.7. The molecular weight excluding hydrogens is 564 g/mol. The van der Waals surface area contributed by atoms with Gasteiger partial charge in [0, 0.05) is 29.0 Å². The van der Waals surface area contributed by atoms with Crippen LogP contribution in [0.5, 0.6) is 17.4 Å². The summed E-state index contributed by atoms with van der Waals surface area (Å²) in [4.78, 5) is 16.4. The molecule has 11 heteroatoms. The van der Waals surface area contributed by atoms with Crippen LogP contribution in [0.1, 0.15) is 27.9 Å². The van der Waals surface area contributed by atoms with E-state index in [1.807, 2.05) is 24.3 Å². The number of hydrogen-bond acceptors (Lipinski definition) is 8. The maximum absolute atomic E-state index is 12.2. The Morgan fingerprint density at radius 2 is 1.97 bits per heavy atom. The molecule has 1 aromatic heterocycles. The second-order valence-electron chi connectivity index (χ2n) is 7.64. The normalized spacial score (nSPS) is 10.7. The van der Waals surface area contributed by atoms with Crippen molar-refractivity contribution in [2.45, 2.75) is 20.1 Å². The van der Waals surface area contributed by atoms with Crippen molar-refractivity contribution < 1.29 is 23.7 Å². The van der Waals surface area contributed by atoms with Gasteiger partial charge in [-0.05, 0) is 52.7 Å². The molecule has 192 valence electrons. The summed E-state index contributed by atoms with van der Waals surface area (Å²) in [6.07, 6.45) is 1.45. The smallest absolute Gasteiger partial charge is 0.278 e. The average molecular weight is 588 g/mol. The number of ether oxygens (including phenoxy) is 4. The average Bonchev–Trinajstić information content (AvgIpc) is 2.87. The van der Waals surface area contributed by atoms with Gasteiger partial charge < -0.3 is 18.9 Å². The summed E-state index contributed by atoms with van der Waals surface area (Å²) in [6.45, 7) is 1.87. The lowest BCUT2D eigenvalue weighted by Crippen LogP contribution is -2.25. The minimum atomic E-state index is -0.525. The molecule has 0 fully saturated rings. The summed E-state index contributed by atoms with van der Waals surface area (Å²) in [5.41, 5.74) is 5.36. The van der Waals surface area contributed by atoms with E-state index in [0.717, 1.165) is 5.56 Å². The minimum absolute atomic E-state index is 0.0646. The molecule has 3 aromatic rings. The molecule has 1 heterocycles. The molecule has 1 amide bonds. The van der Waals surface area contributed by atoms with E-state index < -0.39 is 5.91 Å². The molecule has 0 aliphatic heterocycles. The quantitative estimate of drug-likeness (QED) is 0.250. The lowest BCUT2D eigenvalue weighted by molar-refractivity contribution is -0.123. The van der Waals surface area contributed by atoms with E-state index in [-0.39, 0.29) is 31.3 Å². The highest BCUT2D eigenvalue weighted by Crippen LogP contribution is 2.37. The molecule has 2 aromatic carbocycles. The van der Waals surface area contributed by atoms with Crippen LogP contribution in [0.25, 0.3) is 0 Å². The zero-order valence-electron chi connectivity index (χ0n) is 20.4. The summed E-state index contributed by atoms with van der Waals surface area (Å²) in [7, 11) is 3.05. The monoisotopic (exact) mass is 586 g/mol. The predicted molar refractivity (Wildman–Crippen MR) is 142 cm³/mol. The van der Waals surface area contributed by atoms with Gasteiger partial charge >= 0.3 is 0 Å². The van der Waals surface area contributed by atoms with E-state index in [2.05, 4.69) is 31.4 Å². The number of pyridine rings is 1. The maximum atomic E-state index is 12.2. The highest BCUT2D eigenvalue weighted by atomic mass is 79.9. The Morgan fingerprint density at radius 3 is 2.68 bits per heavy atom. The van der Waals surface area contributed by atoms with Gasteiger partial charge in [0.1, 0.15) is 18.2 Å². The van der Waals surface area contributed by atoms with Crippen molar-refractivity contribution >= 4 is 39.7 Å². The molecule has 0 radical (unpaired) electrons. The molecule has 0 bridgehead atoms. The molecular formula is C26H24BrClN4O5. The summed E-state index contributed by atoms with van der Waals surface area (Å²) in [5, 5.41) is 14.0. The van der Waals surface area contributed by atoms with E-state index >= 15 is 0 Å². The molecule has 0 saturated carbocycles. The van der Waals surface area contributed by atoms with E-state index in [9.17, 15) is 10.1 Å². The highest BCUT2D eigenvalue weighted by molar-refractivity contribution is 9.10. The van der Waals surface area contributed by atoms with E-state index in [1.54, 1.807) is 31.2 Å². The standard InChI is InChI=1S/C26H24BrClN4O5/c1-16-8-19(13-34-2)20(11-29)26(31-16)37-15-24(33)32-30-12-17-9-21(27)25(23(10-17)35-3)36-14-18-6-4-5-7-22(18)28/h4-10,12H,13-15H2,1-3H3,(H,32,33)/b30-12-. The van der Waals surface area contributed by atoms with Crippen LogP contribution in [0.15, 0.2) is 52.0 Å². The van der Waals surface area contributed by atoms with Crippen LogP contribution < -0.4 is 19.6 Å². The van der Waals surface area contributed by atoms with Gasteiger partial charge in [0.15, 0.2) is 18.1 Å². The first-order valence-electron chi connectivity index (χ1n) is 10.9. The van der Waals surface area contributed by atoms with Crippen molar-refractivity contribution in [3.8, 4) is 23.4 Å². The van der Waals surface area contributed by atoms with Gasteiger partial charge in [-0.3, -0.25) is 4.79 Å². The first-order valence-corrected chi connectivity index (χ1v) is 12.1. The van der Waals surface area contributed by atoms with Gasteiger partial charge in [-0.1, -0.05) is 29.8 Å². The number of hydrogen-bond donors (Lipinski definition) is 1. The third kappa shape index (κ3) is 7.67.